The summed E-state index contributed by atoms with van der Waals surface area (Å²) in [5, 5.41) is 13.5. The molecule has 0 radical (unpaired) electrons. The van der Waals surface area contributed by atoms with Gasteiger partial charge in [-0.2, -0.15) is 0 Å². The van der Waals surface area contributed by atoms with E-state index in [9.17, 15) is 9.90 Å². The number of phenolic OH excluding ortho intramolecular Hbond substituents is 1. The molecule has 2 aromatic carbocycles. The number of amides is 1. The van der Waals surface area contributed by atoms with E-state index < -0.39 is 5.91 Å². The number of phenols is 1. The minimum Gasteiger partial charge on any atom is -0.506 e. The number of carbonyl (C=O) groups is 1. The van der Waals surface area contributed by atoms with Gasteiger partial charge in [-0.05, 0) is 36.4 Å². The molecular weight excluding hydrogens is 278 g/mol. The molecule has 0 atom stereocenters. The Kier molecular flexibility index (Phi) is 3.08. The van der Waals surface area contributed by atoms with Crippen molar-refractivity contribution >= 4 is 34.2 Å². The number of carbonyl (C=O) groups excluding carboxylic acids is 1. The highest BCUT2D eigenvalue weighted by Gasteiger charge is 2.14. The van der Waals surface area contributed by atoms with Crippen molar-refractivity contribution in [2.24, 2.45) is 0 Å². The quantitative estimate of drug-likeness (QED) is 0.699. The van der Waals surface area contributed by atoms with Crippen molar-refractivity contribution in [3.63, 3.8) is 0 Å². The van der Waals surface area contributed by atoms with Gasteiger partial charge in [0.1, 0.15) is 11.3 Å². The smallest absolute Gasteiger partial charge is 0.291 e. The van der Waals surface area contributed by atoms with Gasteiger partial charge in [-0.15, -0.1) is 0 Å². The van der Waals surface area contributed by atoms with Gasteiger partial charge >= 0.3 is 0 Å². The molecule has 1 aromatic heterocycles. The number of fused-ring (bicyclic) bond motifs is 1. The van der Waals surface area contributed by atoms with Gasteiger partial charge in [0, 0.05) is 10.4 Å². The lowest BCUT2D eigenvalue weighted by Crippen LogP contribution is -2.10. The topological polar surface area (TPSA) is 62.5 Å². The Hall–Kier alpha value is -2.46. The highest BCUT2D eigenvalue weighted by atomic mass is 35.5. The standard InChI is InChI=1S/C15H10ClNO3/c16-10-5-6-13-9(7-10)8-14(20-13)15(19)17-11-3-1-2-4-12(11)18/h1-8,18H,(H,17,19). The monoisotopic (exact) mass is 287 g/mol. The number of furan rings is 1. The third-order valence-corrected chi connectivity index (χ3v) is 3.09. The maximum absolute atomic E-state index is 12.1. The number of hydrogen-bond acceptors (Lipinski definition) is 3. The van der Waals surface area contributed by atoms with E-state index >= 15 is 0 Å². The first-order valence-electron chi connectivity index (χ1n) is 5.92. The molecule has 100 valence electrons. The van der Waals surface area contributed by atoms with E-state index in [-0.39, 0.29) is 11.5 Å². The summed E-state index contributed by atoms with van der Waals surface area (Å²) < 4.78 is 5.44. The van der Waals surface area contributed by atoms with Gasteiger partial charge in [0.2, 0.25) is 0 Å². The van der Waals surface area contributed by atoms with E-state index in [1.165, 1.54) is 6.07 Å². The molecule has 3 aromatic rings. The second-order valence-electron chi connectivity index (χ2n) is 4.26. The van der Waals surface area contributed by atoms with Crippen molar-refractivity contribution in [1.29, 1.82) is 0 Å². The first-order valence-corrected chi connectivity index (χ1v) is 6.30. The van der Waals surface area contributed by atoms with Gasteiger partial charge in [-0.25, -0.2) is 0 Å². The van der Waals surface area contributed by atoms with Gasteiger partial charge < -0.3 is 14.8 Å². The zero-order valence-corrected chi connectivity index (χ0v) is 11.0. The summed E-state index contributed by atoms with van der Waals surface area (Å²) >= 11 is 5.88. The Morgan fingerprint density at radius 1 is 1.15 bits per heavy atom. The molecule has 4 nitrogen and oxygen atoms in total. The molecule has 0 spiro atoms. The summed E-state index contributed by atoms with van der Waals surface area (Å²) in [6, 6.07) is 13.2. The van der Waals surface area contributed by atoms with Crippen LogP contribution in [0.4, 0.5) is 5.69 Å². The summed E-state index contributed by atoms with van der Waals surface area (Å²) in [5.41, 5.74) is 0.910. The van der Waals surface area contributed by atoms with Crippen molar-refractivity contribution in [3.8, 4) is 5.75 Å². The largest absolute Gasteiger partial charge is 0.506 e. The molecule has 0 bridgehead atoms. The normalized spacial score (nSPS) is 10.7. The molecule has 0 aliphatic heterocycles. The third-order valence-electron chi connectivity index (χ3n) is 2.85. The molecule has 3 rings (SSSR count). The summed E-state index contributed by atoms with van der Waals surface area (Å²) in [4.78, 5) is 12.1. The molecule has 2 N–H and O–H groups in total. The number of rotatable bonds is 2. The van der Waals surface area contributed by atoms with Crippen LogP contribution < -0.4 is 5.32 Å². The Morgan fingerprint density at radius 2 is 1.95 bits per heavy atom. The molecule has 20 heavy (non-hydrogen) atoms. The van der Waals surface area contributed by atoms with Crippen molar-refractivity contribution in [3.05, 3.63) is 59.3 Å². The van der Waals surface area contributed by atoms with E-state index in [0.717, 1.165) is 5.39 Å². The fourth-order valence-corrected chi connectivity index (χ4v) is 2.07. The number of nitrogens with one attached hydrogen (secondary N) is 1. The average Bonchev–Trinajstić information content (AvgIpc) is 2.84. The third kappa shape index (κ3) is 2.33. The minimum atomic E-state index is -0.432. The van der Waals surface area contributed by atoms with Gasteiger partial charge in [0.25, 0.3) is 5.91 Å². The summed E-state index contributed by atoms with van der Waals surface area (Å²) in [6.07, 6.45) is 0. The van der Waals surface area contributed by atoms with Crippen LogP contribution >= 0.6 is 11.6 Å². The van der Waals surface area contributed by atoms with Crippen LogP contribution in [0.25, 0.3) is 11.0 Å². The maximum atomic E-state index is 12.1. The summed E-state index contributed by atoms with van der Waals surface area (Å²) in [7, 11) is 0. The lowest BCUT2D eigenvalue weighted by molar-refractivity contribution is 0.0998. The molecule has 0 saturated heterocycles. The van der Waals surface area contributed by atoms with Crippen LogP contribution in [0.5, 0.6) is 5.75 Å². The van der Waals surface area contributed by atoms with Crippen LogP contribution in [0.3, 0.4) is 0 Å². The average molecular weight is 288 g/mol. The molecule has 0 saturated carbocycles. The van der Waals surface area contributed by atoms with Crippen LogP contribution in [-0.2, 0) is 0 Å². The van der Waals surface area contributed by atoms with E-state index in [1.807, 2.05) is 0 Å². The number of halogens is 1. The number of aromatic hydroxyl groups is 1. The molecule has 5 heteroatoms. The van der Waals surface area contributed by atoms with E-state index in [1.54, 1.807) is 42.5 Å². The zero-order chi connectivity index (χ0) is 14.1. The maximum Gasteiger partial charge on any atom is 0.291 e. The first kappa shape index (κ1) is 12.6. The Labute approximate surface area is 119 Å². The van der Waals surface area contributed by atoms with Gasteiger partial charge in [0.15, 0.2) is 5.76 Å². The Morgan fingerprint density at radius 3 is 2.75 bits per heavy atom. The van der Waals surface area contributed by atoms with Crippen LogP contribution in [0, 0.1) is 0 Å². The van der Waals surface area contributed by atoms with Crippen molar-refractivity contribution in [1.82, 2.24) is 0 Å². The number of para-hydroxylation sites is 2. The summed E-state index contributed by atoms with van der Waals surface area (Å²) in [6.45, 7) is 0. The minimum absolute atomic E-state index is 0.00000514. The van der Waals surface area contributed by atoms with Crippen LogP contribution in [0.2, 0.25) is 5.02 Å². The molecular formula is C15H10ClNO3. The van der Waals surface area contributed by atoms with Crippen LogP contribution in [0.1, 0.15) is 10.6 Å². The number of benzene rings is 2. The molecule has 0 aliphatic rings. The van der Waals surface area contributed by atoms with Crippen molar-refractivity contribution in [2.45, 2.75) is 0 Å². The van der Waals surface area contributed by atoms with Gasteiger partial charge in [-0.3, -0.25) is 4.79 Å². The molecule has 1 amide bonds. The second-order valence-corrected chi connectivity index (χ2v) is 4.70. The van der Waals surface area contributed by atoms with E-state index in [2.05, 4.69) is 5.32 Å². The van der Waals surface area contributed by atoms with Crippen LogP contribution in [-0.4, -0.2) is 11.0 Å². The summed E-state index contributed by atoms with van der Waals surface area (Å²) in [5.74, 6) is -0.274. The van der Waals surface area contributed by atoms with Crippen LogP contribution in [0.15, 0.2) is 52.9 Å². The number of hydrogen-bond donors (Lipinski definition) is 2. The van der Waals surface area contributed by atoms with Gasteiger partial charge in [0.05, 0.1) is 5.69 Å². The van der Waals surface area contributed by atoms with Gasteiger partial charge in [-0.1, -0.05) is 23.7 Å². The molecule has 0 fully saturated rings. The second kappa shape index (κ2) is 4.90. The predicted molar refractivity (Wildman–Crippen MR) is 77.3 cm³/mol. The molecule has 1 heterocycles. The first-order chi connectivity index (χ1) is 9.63. The van der Waals surface area contributed by atoms with Crippen molar-refractivity contribution in [2.75, 3.05) is 5.32 Å². The molecule has 0 aliphatic carbocycles. The van der Waals surface area contributed by atoms with E-state index in [0.29, 0.717) is 16.3 Å². The Bertz CT molecular complexity index is 795. The predicted octanol–water partition coefficient (Wildman–Crippen LogP) is 4.04. The SMILES string of the molecule is O=C(Nc1ccccc1O)c1cc2cc(Cl)ccc2o1. The highest BCUT2D eigenvalue weighted by Crippen LogP contribution is 2.25. The highest BCUT2D eigenvalue weighted by molar-refractivity contribution is 6.31. The lowest BCUT2D eigenvalue weighted by Gasteiger charge is -2.04. The fourth-order valence-electron chi connectivity index (χ4n) is 1.89. The zero-order valence-electron chi connectivity index (χ0n) is 10.3. The fraction of sp³-hybridized carbons (Fsp3) is 0. The van der Waals surface area contributed by atoms with E-state index in [4.69, 9.17) is 16.0 Å². The number of anilines is 1. The lowest BCUT2D eigenvalue weighted by atomic mass is 10.2. The molecule has 0 unspecified atom stereocenters. The Balaban J connectivity index is 1.91. The van der Waals surface area contributed by atoms with Crippen molar-refractivity contribution < 1.29 is 14.3 Å².